The Morgan fingerprint density at radius 1 is 0.727 bits per heavy atom. The Morgan fingerprint density at radius 2 is 1.27 bits per heavy atom. The first-order valence-electron chi connectivity index (χ1n) is 10.9. The lowest BCUT2D eigenvalue weighted by Gasteiger charge is -2.30. The van der Waals surface area contributed by atoms with Gasteiger partial charge in [-0.05, 0) is 35.7 Å². The van der Waals surface area contributed by atoms with E-state index in [4.69, 9.17) is 0 Å². The summed E-state index contributed by atoms with van der Waals surface area (Å²) in [6, 6.07) is 36.0. The molecular formula is C29H27NO2S. The lowest BCUT2D eigenvalue weighted by atomic mass is 10.0. The summed E-state index contributed by atoms with van der Waals surface area (Å²) >= 11 is 0. The Hall–Kier alpha value is -3.47. The van der Waals surface area contributed by atoms with Crippen LogP contribution in [-0.2, 0) is 16.6 Å². The highest BCUT2D eigenvalue weighted by molar-refractivity contribution is 7.89. The molecule has 0 bridgehead atoms. The van der Waals surface area contributed by atoms with Crippen molar-refractivity contribution in [2.45, 2.75) is 24.4 Å². The Kier molecular flexibility index (Phi) is 7.18. The molecule has 3 nitrogen and oxygen atoms in total. The van der Waals surface area contributed by atoms with Crippen LogP contribution >= 0.6 is 0 Å². The molecule has 4 heteroatoms. The minimum atomic E-state index is -3.79. The van der Waals surface area contributed by atoms with Crippen LogP contribution in [0.4, 0.5) is 0 Å². The predicted octanol–water partition coefficient (Wildman–Crippen LogP) is 6.64. The number of sulfonamides is 1. The summed E-state index contributed by atoms with van der Waals surface area (Å²) in [6.45, 7) is 2.21. The van der Waals surface area contributed by atoms with Gasteiger partial charge in [0.1, 0.15) is 0 Å². The number of hydrogen-bond donors (Lipinski definition) is 0. The molecule has 0 aliphatic heterocycles. The molecule has 1 unspecified atom stereocenters. The van der Waals surface area contributed by atoms with Gasteiger partial charge < -0.3 is 0 Å². The van der Waals surface area contributed by atoms with Gasteiger partial charge in [-0.1, -0.05) is 121 Å². The predicted molar refractivity (Wildman–Crippen MR) is 135 cm³/mol. The van der Waals surface area contributed by atoms with Gasteiger partial charge in [0.05, 0.1) is 10.9 Å². The van der Waals surface area contributed by atoms with Crippen LogP contribution in [0.5, 0.6) is 0 Å². The van der Waals surface area contributed by atoms with E-state index < -0.39 is 16.1 Å². The molecule has 0 aliphatic rings. The molecular weight excluding hydrogens is 426 g/mol. The number of aryl methyl sites for hydroxylation is 1. The molecule has 33 heavy (non-hydrogen) atoms. The summed E-state index contributed by atoms with van der Waals surface area (Å²) in [5.74, 6) is 0. The fourth-order valence-electron chi connectivity index (χ4n) is 3.73. The second-order valence-corrected chi connectivity index (χ2v) is 9.86. The standard InChI is InChI=1S/C29H27NO2S/c1-24-17-20-28(21-18-24)33(31,32)30(23-26-13-7-3-8-14-26)29(27-15-9-4-10-16-27)22-19-25-11-5-2-6-12-25/h2-22,29H,23H2,1H3/b22-19+. The van der Waals surface area contributed by atoms with E-state index in [9.17, 15) is 8.42 Å². The van der Waals surface area contributed by atoms with Crippen LogP contribution in [0.15, 0.2) is 126 Å². The van der Waals surface area contributed by atoms with Gasteiger partial charge in [-0.2, -0.15) is 4.31 Å². The lowest BCUT2D eigenvalue weighted by Crippen LogP contribution is -2.33. The van der Waals surface area contributed by atoms with Crippen LogP contribution in [0.2, 0.25) is 0 Å². The molecule has 4 aromatic rings. The molecule has 166 valence electrons. The lowest BCUT2D eigenvalue weighted by molar-refractivity contribution is 0.362. The van der Waals surface area contributed by atoms with Crippen molar-refractivity contribution in [2.75, 3.05) is 0 Å². The van der Waals surface area contributed by atoms with E-state index in [1.807, 2.05) is 122 Å². The summed E-state index contributed by atoms with van der Waals surface area (Å²) in [7, 11) is -3.79. The molecule has 1 atom stereocenters. The van der Waals surface area contributed by atoms with E-state index in [1.54, 1.807) is 16.4 Å². The third kappa shape index (κ3) is 5.67. The van der Waals surface area contributed by atoms with Crippen molar-refractivity contribution in [1.29, 1.82) is 0 Å². The topological polar surface area (TPSA) is 37.4 Å². The molecule has 4 aromatic carbocycles. The summed E-state index contributed by atoms with van der Waals surface area (Å²) < 4.78 is 29.5. The summed E-state index contributed by atoms with van der Waals surface area (Å²) in [4.78, 5) is 0.290. The fraction of sp³-hybridized carbons (Fsp3) is 0.103. The Bertz CT molecular complexity index is 1280. The van der Waals surface area contributed by atoms with Gasteiger partial charge in [0.2, 0.25) is 10.0 Å². The normalized spacial score (nSPS) is 12.8. The minimum Gasteiger partial charge on any atom is -0.207 e. The first-order chi connectivity index (χ1) is 16.0. The SMILES string of the molecule is Cc1ccc(S(=O)(=O)N(Cc2ccccc2)C(/C=C/c2ccccc2)c2ccccc2)cc1. The average molecular weight is 454 g/mol. The maximum Gasteiger partial charge on any atom is 0.244 e. The van der Waals surface area contributed by atoms with E-state index in [1.165, 1.54) is 0 Å². The highest BCUT2D eigenvalue weighted by Crippen LogP contribution is 2.31. The Labute approximate surface area is 196 Å². The van der Waals surface area contributed by atoms with E-state index in [0.29, 0.717) is 0 Å². The van der Waals surface area contributed by atoms with E-state index in [-0.39, 0.29) is 11.4 Å². The molecule has 0 amide bonds. The van der Waals surface area contributed by atoms with Crippen LogP contribution in [-0.4, -0.2) is 12.7 Å². The highest BCUT2D eigenvalue weighted by Gasteiger charge is 2.31. The molecule has 0 spiro atoms. The van der Waals surface area contributed by atoms with Gasteiger partial charge in [-0.3, -0.25) is 0 Å². The zero-order chi connectivity index (χ0) is 23.1. The van der Waals surface area contributed by atoms with Crippen LogP contribution in [0.3, 0.4) is 0 Å². The Balaban J connectivity index is 1.83. The number of rotatable bonds is 8. The molecule has 0 aromatic heterocycles. The van der Waals surface area contributed by atoms with Crippen LogP contribution in [0.1, 0.15) is 28.3 Å². The number of benzene rings is 4. The zero-order valence-electron chi connectivity index (χ0n) is 18.6. The van der Waals surface area contributed by atoms with Gasteiger partial charge in [0, 0.05) is 6.54 Å². The highest BCUT2D eigenvalue weighted by atomic mass is 32.2. The quantitative estimate of drug-likeness (QED) is 0.300. The molecule has 0 heterocycles. The zero-order valence-corrected chi connectivity index (χ0v) is 19.4. The smallest absolute Gasteiger partial charge is 0.207 e. The van der Waals surface area contributed by atoms with Crippen LogP contribution in [0.25, 0.3) is 6.08 Å². The minimum absolute atomic E-state index is 0.260. The van der Waals surface area contributed by atoms with Gasteiger partial charge in [-0.15, -0.1) is 0 Å². The second-order valence-electron chi connectivity index (χ2n) is 7.97. The van der Waals surface area contributed by atoms with Crippen molar-refractivity contribution in [2.24, 2.45) is 0 Å². The summed E-state index contributed by atoms with van der Waals surface area (Å²) in [5.41, 5.74) is 3.89. The third-order valence-corrected chi connectivity index (χ3v) is 7.37. The van der Waals surface area contributed by atoms with Crippen LogP contribution in [0, 0.1) is 6.92 Å². The monoisotopic (exact) mass is 453 g/mol. The van der Waals surface area contributed by atoms with Crippen molar-refractivity contribution in [3.8, 4) is 0 Å². The van der Waals surface area contributed by atoms with Crippen LogP contribution < -0.4 is 0 Å². The fourth-order valence-corrected chi connectivity index (χ4v) is 5.29. The molecule has 0 saturated carbocycles. The van der Waals surface area contributed by atoms with Crippen molar-refractivity contribution in [3.05, 3.63) is 144 Å². The Morgan fingerprint density at radius 3 is 1.88 bits per heavy atom. The van der Waals surface area contributed by atoms with E-state index >= 15 is 0 Å². The van der Waals surface area contributed by atoms with Gasteiger partial charge in [0.15, 0.2) is 0 Å². The summed E-state index contributed by atoms with van der Waals surface area (Å²) in [6.07, 6.45) is 3.96. The van der Waals surface area contributed by atoms with E-state index in [0.717, 1.165) is 22.3 Å². The maximum absolute atomic E-state index is 14.0. The van der Waals surface area contributed by atoms with Crippen molar-refractivity contribution < 1.29 is 8.42 Å². The molecule has 0 radical (unpaired) electrons. The number of hydrogen-bond acceptors (Lipinski definition) is 2. The average Bonchev–Trinajstić information content (AvgIpc) is 2.85. The molecule has 0 saturated heterocycles. The third-order valence-electron chi connectivity index (χ3n) is 5.53. The molecule has 0 aliphatic carbocycles. The largest absolute Gasteiger partial charge is 0.244 e. The molecule has 0 fully saturated rings. The maximum atomic E-state index is 14.0. The van der Waals surface area contributed by atoms with Crippen molar-refractivity contribution in [3.63, 3.8) is 0 Å². The molecule has 0 N–H and O–H groups in total. The van der Waals surface area contributed by atoms with Gasteiger partial charge in [-0.25, -0.2) is 8.42 Å². The molecule has 4 rings (SSSR count). The first kappa shape index (κ1) is 22.7. The number of nitrogens with zero attached hydrogens (tertiary/aromatic N) is 1. The van der Waals surface area contributed by atoms with Crippen molar-refractivity contribution >= 4 is 16.1 Å². The first-order valence-corrected chi connectivity index (χ1v) is 12.4. The second kappa shape index (κ2) is 10.4. The van der Waals surface area contributed by atoms with E-state index in [2.05, 4.69) is 0 Å². The van der Waals surface area contributed by atoms with Gasteiger partial charge in [0.25, 0.3) is 0 Å². The van der Waals surface area contributed by atoms with Crippen molar-refractivity contribution in [1.82, 2.24) is 4.31 Å². The van der Waals surface area contributed by atoms with Gasteiger partial charge >= 0.3 is 0 Å². The summed E-state index contributed by atoms with van der Waals surface area (Å²) in [5, 5.41) is 0.